The van der Waals surface area contributed by atoms with Crippen LogP contribution in [-0.2, 0) is 9.53 Å². The average molecular weight is 295 g/mol. The molecule has 1 aromatic heterocycles. The van der Waals surface area contributed by atoms with Crippen molar-refractivity contribution in [1.82, 2.24) is 9.88 Å². The number of carbonyl (C=O) groups is 1. The summed E-state index contributed by atoms with van der Waals surface area (Å²) >= 11 is 1.66. The van der Waals surface area contributed by atoms with Gasteiger partial charge in [-0.2, -0.15) is 0 Å². The predicted octanol–water partition coefficient (Wildman–Crippen LogP) is 1.75. The Morgan fingerprint density at radius 2 is 2.25 bits per heavy atom. The highest BCUT2D eigenvalue weighted by Crippen LogP contribution is 2.20. The molecule has 6 heteroatoms. The zero-order valence-electron chi connectivity index (χ0n) is 11.7. The minimum atomic E-state index is 0.277. The minimum Gasteiger partial charge on any atom is -0.378 e. The van der Waals surface area contributed by atoms with Crippen LogP contribution in [0.25, 0.3) is 0 Å². The Balaban J connectivity index is 1.42. The lowest BCUT2D eigenvalue weighted by Gasteiger charge is -2.34. The summed E-state index contributed by atoms with van der Waals surface area (Å²) in [6, 6.07) is 0. The van der Waals surface area contributed by atoms with Crippen LogP contribution in [0, 0.1) is 0 Å². The van der Waals surface area contributed by atoms with E-state index in [4.69, 9.17) is 4.74 Å². The number of nitrogens with zero attached hydrogens (tertiary/aromatic N) is 3. The van der Waals surface area contributed by atoms with Gasteiger partial charge in [0.05, 0.1) is 6.10 Å². The van der Waals surface area contributed by atoms with Crippen molar-refractivity contribution in [2.24, 2.45) is 0 Å². The largest absolute Gasteiger partial charge is 0.378 e. The number of ether oxygens (including phenoxy) is 1. The zero-order valence-corrected chi connectivity index (χ0v) is 12.5. The Hall–Kier alpha value is -1.14. The molecule has 3 rings (SSSR count). The van der Waals surface area contributed by atoms with Gasteiger partial charge < -0.3 is 14.5 Å². The Labute approximate surface area is 123 Å². The third kappa shape index (κ3) is 3.30. The van der Waals surface area contributed by atoms with Gasteiger partial charge in [0.1, 0.15) is 0 Å². The summed E-state index contributed by atoms with van der Waals surface area (Å²) < 4.78 is 5.57. The van der Waals surface area contributed by atoms with Gasteiger partial charge >= 0.3 is 0 Å². The summed E-state index contributed by atoms with van der Waals surface area (Å²) in [4.78, 5) is 20.8. The van der Waals surface area contributed by atoms with E-state index in [1.807, 2.05) is 16.5 Å². The van der Waals surface area contributed by atoms with Crippen LogP contribution >= 0.6 is 11.3 Å². The first-order valence-corrected chi connectivity index (χ1v) is 8.25. The molecule has 1 amide bonds. The molecular formula is C14H21N3O2S. The Bertz CT molecular complexity index is 424. The molecule has 2 aliphatic rings. The molecule has 0 aliphatic carbocycles. The van der Waals surface area contributed by atoms with E-state index >= 15 is 0 Å². The number of hydrogen-bond donors (Lipinski definition) is 0. The van der Waals surface area contributed by atoms with Crippen molar-refractivity contribution in [3.05, 3.63) is 11.6 Å². The predicted molar refractivity (Wildman–Crippen MR) is 79.1 cm³/mol. The number of hydrogen-bond acceptors (Lipinski definition) is 5. The third-order valence-electron chi connectivity index (χ3n) is 4.03. The molecule has 3 heterocycles. The summed E-state index contributed by atoms with van der Waals surface area (Å²) in [7, 11) is 0. The Morgan fingerprint density at radius 1 is 1.40 bits per heavy atom. The quantitative estimate of drug-likeness (QED) is 0.849. The molecular weight excluding hydrogens is 274 g/mol. The SMILES string of the molecule is O=C(CCC1CCCO1)N1CCN(c2nccs2)CC1. The van der Waals surface area contributed by atoms with E-state index in [-0.39, 0.29) is 5.91 Å². The second-order valence-corrected chi connectivity index (χ2v) is 6.23. The van der Waals surface area contributed by atoms with Crippen LogP contribution in [0.4, 0.5) is 5.13 Å². The smallest absolute Gasteiger partial charge is 0.222 e. The molecule has 0 bridgehead atoms. The van der Waals surface area contributed by atoms with Crippen LogP contribution in [0.3, 0.4) is 0 Å². The van der Waals surface area contributed by atoms with Gasteiger partial charge in [0.15, 0.2) is 5.13 Å². The lowest BCUT2D eigenvalue weighted by atomic mass is 10.1. The molecule has 110 valence electrons. The first kappa shape index (κ1) is 13.8. The normalized spacial score (nSPS) is 23.3. The van der Waals surface area contributed by atoms with Crippen molar-refractivity contribution in [3.8, 4) is 0 Å². The maximum Gasteiger partial charge on any atom is 0.222 e. The lowest BCUT2D eigenvalue weighted by Crippen LogP contribution is -2.48. The van der Waals surface area contributed by atoms with Crippen LogP contribution in [0.1, 0.15) is 25.7 Å². The van der Waals surface area contributed by atoms with Gasteiger partial charge in [-0.05, 0) is 19.3 Å². The number of thiazole rings is 1. The van der Waals surface area contributed by atoms with Crippen molar-refractivity contribution < 1.29 is 9.53 Å². The Morgan fingerprint density at radius 3 is 2.90 bits per heavy atom. The number of aromatic nitrogens is 1. The van der Waals surface area contributed by atoms with Crippen LogP contribution in [0.15, 0.2) is 11.6 Å². The topological polar surface area (TPSA) is 45.7 Å². The molecule has 2 saturated heterocycles. The van der Waals surface area contributed by atoms with Crippen LogP contribution in [0.2, 0.25) is 0 Å². The number of carbonyl (C=O) groups excluding carboxylic acids is 1. The van der Waals surface area contributed by atoms with Crippen LogP contribution in [-0.4, -0.2) is 54.7 Å². The monoisotopic (exact) mass is 295 g/mol. The average Bonchev–Trinajstić information content (AvgIpc) is 3.18. The summed E-state index contributed by atoms with van der Waals surface area (Å²) in [5, 5.41) is 3.06. The fourth-order valence-electron chi connectivity index (χ4n) is 2.83. The first-order chi connectivity index (χ1) is 9.83. The minimum absolute atomic E-state index is 0.277. The highest BCUT2D eigenvalue weighted by molar-refractivity contribution is 7.13. The molecule has 5 nitrogen and oxygen atoms in total. The number of anilines is 1. The molecule has 2 aliphatic heterocycles. The molecule has 1 aromatic rings. The van der Waals surface area contributed by atoms with Crippen molar-refractivity contribution in [1.29, 1.82) is 0 Å². The maximum atomic E-state index is 12.2. The number of rotatable bonds is 4. The summed E-state index contributed by atoms with van der Waals surface area (Å²) in [6.45, 7) is 4.26. The lowest BCUT2D eigenvalue weighted by molar-refractivity contribution is -0.132. The second kappa shape index (κ2) is 6.54. The standard InChI is InChI=1S/C14H21N3O2S/c18-13(4-3-12-2-1-10-19-12)16-6-8-17(9-7-16)14-15-5-11-20-14/h5,11-12H,1-4,6-10H2. The highest BCUT2D eigenvalue weighted by atomic mass is 32.1. The third-order valence-corrected chi connectivity index (χ3v) is 4.86. The van der Waals surface area contributed by atoms with E-state index in [1.54, 1.807) is 11.3 Å². The van der Waals surface area contributed by atoms with Gasteiger partial charge in [0.25, 0.3) is 0 Å². The maximum absolute atomic E-state index is 12.2. The van der Waals surface area contributed by atoms with E-state index in [1.165, 1.54) is 0 Å². The number of amides is 1. The van der Waals surface area contributed by atoms with Gasteiger partial charge in [-0.3, -0.25) is 4.79 Å². The van der Waals surface area contributed by atoms with Crippen molar-refractivity contribution in [2.45, 2.75) is 31.8 Å². The van der Waals surface area contributed by atoms with E-state index in [0.29, 0.717) is 12.5 Å². The van der Waals surface area contributed by atoms with Gasteiger partial charge in [-0.15, -0.1) is 11.3 Å². The highest BCUT2D eigenvalue weighted by Gasteiger charge is 2.23. The van der Waals surface area contributed by atoms with Crippen LogP contribution in [0.5, 0.6) is 0 Å². The molecule has 0 saturated carbocycles. The van der Waals surface area contributed by atoms with Gasteiger partial charge in [0.2, 0.25) is 5.91 Å². The van der Waals surface area contributed by atoms with E-state index < -0.39 is 0 Å². The molecule has 2 fully saturated rings. The first-order valence-electron chi connectivity index (χ1n) is 7.37. The van der Waals surface area contributed by atoms with Crippen molar-refractivity contribution >= 4 is 22.4 Å². The summed E-state index contributed by atoms with van der Waals surface area (Å²) in [6.07, 6.45) is 5.92. The summed E-state index contributed by atoms with van der Waals surface area (Å²) in [5.41, 5.74) is 0. The zero-order chi connectivity index (χ0) is 13.8. The van der Waals surface area contributed by atoms with Gasteiger partial charge in [-0.25, -0.2) is 4.98 Å². The molecule has 1 unspecified atom stereocenters. The van der Waals surface area contributed by atoms with Crippen molar-refractivity contribution in [2.75, 3.05) is 37.7 Å². The van der Waals surface area contributed by atoms with Gasteiger partial charge in [-0.1, -0.05) is 0 Å². The molecule has 0 aromatic carbocycles. The summed E-state index contributed by atoms with van der Waals surface area (Å²) in [5.74, 6) is 0.277. The fourth-order valence-corrected chi connectivity index (χ4v) is 3.53. The molecule has 1 atom stereocenters. The van der Waals surface area contributed by atoms with E-state index in [0.717, 1.165) is 57.2 Å². The Kier molecular flexibility index (Phi) is 4.52. The fraction of sp³-hybridized carbons (Fsp3) is 0.714. The second-order valence-electron chi connectivity index (χ2n) is 5.36. The number of piperazine rings is 1. The molecule has 0 spiro atoms. The van der Waals surface area contributed by atoms with Gasteiger partial charge in [0, 0.05) is 50.8 Å². The molecule has 0 N–H and O–H groups in total. The van der Waals surface area contributed by atoms with E-state index in [2.05, 4.69) is 9.88 Å². The van der Waals surface area contributed by atoms with Crippen molar-refractivity contribution in [3.63, 3.8) is 0 Å². The van der Waals surface area contributed by atoms with E-state index in [9.17, 15) is 4.79 Å². The van der Waals surface area contributed by atoms with Crippen LogP contribution < -0.4 is 4.90 Å². The molecule has 20 heavy (non-hydrogen) atoms. The molecule has 0 radical (unpaired) electrons.